The van der Waals surface area contributed by atoms with Crippen molar-refractivity contribution in [2.75, 3.05) is 5.32 Å². The number of benzene rings is 2. The lowest BCUT2D eigenvalue weighted by Gasteiger charge is -2.09. The molecule has 4 nitrogen and oxygen atoms in total. The predicted molar refractivity (Wildman–Crippen MR) is 81.1 cm³/mol. The number of nitro benzene ring substituents is 1. The normalized spacial score (nSPS) is 10.3. The standard InChI is InChI=1S/C16H18N2O2/c1-11-4-5-16(18(19)20)15(9-11)17-10-14-7-12(2)6-13(3)8-14/h4-9,17H,10H2,1-3H3. The number of hydrogen-bond acceptors (Lipinski definition) is 3. The summed E-state index contributed by atoms with van der Waals surface area (Å²) in [5, 5.41) is 14.2. The largest absolute Gasteiger partial charge is 0.375 e. The summed E-state index contributed by atoms with van der Waals surface area (Å²) in [6.07, 6.45) is 0. The molecule has 0 unspecified atom stereocenters. The Morgan fingerprint density at radius 1 is 1.00 bits per heavy atom. The maximum atomic E-state index is 11.0. The van der Waals surface area contributed by atoms with Gasteiger partial charge in [0.05, 0.1) is 4.92 Å². The van der Waals surface area contributed by atoms with E-state index in [-0.39, 0.29) is 10.6 Å². The van der Waals surface area contributed by atoms with Gasteiger partial charge in [-0.25, -0.2) is 0 Å². The van der Waals surface area contributed by atoms with E-state index in [2.05, 4.69) is 23.5 Å². The van der Waals surface area contributed by atoms with E-state index >= 15 is 0 Å². The summed E-state index contributed by atoms with van der Waals surface area (Å²) in [5.74, 6) is 0. The Morgan fingerprint density at radius 3 is 2.25 bits per heavy atom. The van der Waals surface area contributed by atoms with E-state index in [1.54, 1.807) is 18.2 Å². The molecule has 4 heteroatoms. The van der Waals surface area contributed by atoms with Crippen molar-refractivity contribution in [3.8, 4) is 0 Å². The first-order chi connectivity index (χ1) is 9.45. The van der Waals surface area contributed by atoms with Crippen LogP contribution in [0.15, 0.2) is 36.4 Å². The minimum atomic E-state index is -0.358. The van der Waals surface area contributed by atoms with Gasteiger partial charge in [-0.15, -0.1) is 0 Å². The van der Waals surface area contributed by atoms with Crippen LogP contribution in [-0.4, -0.2) is 4.92 Å². The molecule has 2 aromatic carbocycles. The molecule has 1 N–H and O–H groups in total. The van der Waals surface area contributed by atoms with E-state index in [1.165, 1.54) is 11.1 Å². The molecule has 104 valence electrons. The highest BCUT2D eigenvalue weighted by Crippen LogP contribution is 2.25. The van der Waals surface area contributed by atoms with E-state index in [4.69, 9.17) is 0 Å². The fourth-order valence-corrected chi connectivity index (χ4v) is 2.32. The summed E-state index contributed by atoms with van der Waals surface area (Å²) in [5.41, 5.74) is 5.19. The molecular formula is C16H18N2O2. The van der Waals surface area contributed by atoms with Gasteiger partial charge in [-0.05, 0) is 38.0 Å². The second kappa shape index (κ2) is 5.74. The molecule has 0 amide bonds. The van der Waals surface area contributed by atoms with Crippen LogP contribution in [0.4, 0.5) is 11.4 Å². The lowest BCUT2D eigenvalue weighted by molar-refractivity contribution is -0.384. The van der Waals surface area contributed by atoms with Gasteiger partial charge >= 0.3 is 0 Å². The van der Waals surface area contributed by atoms with Crippen molar-refractivity contribution in [1.82, 2.24) is 0 Å². The first-order valence-corrected chi connectivity index (χ1v) is 6.52. The van der Waals surface area contributed by atoms with Crippen LogP contribution < -0.4 is 5.32 Å². The van der Waals surface area contributed by atoms with Gasteiger partial charge in [0.25, 0.3) is 5.69 Å². The Hall–Kier alpha value is -2.36. The van der Waals surface area contributed by atoms with Gasteiger partial charge in [0.15, 0.2) is 0 Å². The third kappa shape index (κ3) is 3.35. The zero-order valence-corrected chi connectivity index (χ0v) is 11.9. The molecule has 0 spiro atoms. The lowest BCUT2D eigenvalue weighted by Crippen LogP contribution is -2.03. The maximum Gasteiger partial charge on any atom is 0.292 e. The van der Waals surface area contributed by atoms with Gasteiger partial charge in [0, 0.05) is 12.6 Å². The van der Waals surface area contributed by atoms with Crippen LogP contribution in [0.5, 0.6) is 0 Å². The van der Waals surface area contributed by atoms with Gasteiger partial charge in [-0.3, -0.25) is 10.1 Å². The summed E-state index contributed by atoms with van der Waals surface area (Å²) in [4.78, 5) is 10.7. The van der Waals surface area contributed by atoms with E-state index in [0.29, 0.717) is 12.2 Å². The maximum absolute atomic E-state index is 11.0. The SMILES string of the molecule is Cc1cc(C)cc(CNc2cc(C)ccc2[N+](=O)[O-])c1. The third-order valence-electron chi connectivity index (χ3n) is 3.11. The Balaban J connectivity index is 2.22. The van der Waals surface area contributed by atoms with Crippen LogP contribution in [-0.2, 0) is 6.54 Å². The monoisotopic (exact) mass is 270 g/mol. The van der Waals surface area contributed by atoms with E-state index in [9.17, 15) is 10.1 Å². The molecule has 20 heavy (non-hydrogen) atoms. The van der Waals surface area contributed by atoms with Gasteiger partial charge in [-0.1, -0.05) is 35.4 Å². The van der Waals surface area contributed by atoms with Crippen LogP contribution >= 0.6 is 0 Å². The van der Waals surface area contributed by atoms with Crippen molar-refractivity contribution in [2.24, 2.45) is 0 Å². The van der Waals surface area contributed by atoms with E-state index in [1.807, 2.05) is 20.8 Å². The van der Waals surface area contributed by atoms with Crippen molar-refractivity contribution in [2.45, 2.75) is 27.3 Å². The van der Waals surface area contributed by atoms with Crippen LogP contribution in [0.2, 0.25) is 0 Å². The van der Waals surface area contributed by atoms with E-state index < -0.39 is 0 Å². The topological polar surface area (TPSA) is 55.2 Å². The number of nitrogens with one attached hydrogen (secondary N) is 1. The molecule has 0 radical (unpaired) electrons. The number of rotatable bonds is 4. The lowest BCUT2D eigenvalue weighted by atomic mass is 10.1. The quantitative estimate of drug-likeness (QED) is 0.671. The number of anilines is 1. The number of nitrogens with zero attached hydrogens (tertiary/aromatic N) is 1. The number of hydrogen-bond donors (Lipinski definition) is 1. The Bertz CT molecular complexity index is 631. The molecule has 2 rings (SSSR count). The first-order valence-electron chi connectivity index (χ1n) is 6.52. The van der Waals surface area contributed by atoms with E-state index in [0.717, 1.165) is 11.1 Å². The van der Waals surface area contributed by atoms with Gasteiger partial charge in [-0.2, -0.15) is 0 Å². The fourth-order valence-electron chi connectivity index (χ4n) is 2.32. The predicted octanol–water partition coefficient (Wildman–Crippen LogP) is 4.13. The van der Waals surface area contributed by atoms with Crippen molar-refractivity contribution >= 4 is 11.4 Å². The first kappa shape index (κ1) is 14.1. The van der Waals surface area contributed by atoms with Gasteiger partial charge in [0.1, 0.15) is 5.69 Å². The minimum Gasteiger partial charge on any atom is -0.375 e. The second-order valence-electron chi connectivity index (χ2n) is 5.13. The Labute approximate surface area is 118 Å². The van der Waals surface area contributed by atoms with Crippen molar-refractivity contribution in [3.05, 3.63) is 68.8 Å². The van der Waals surface area contributed by atoms with Crippen LogP contribution in [0.1, 0.15) is 22.3 Å². The molecule has 0 aliphatic carbocycles. The molecule has 2 aromatic rings. The molecular weight excluding hydrogens is 252 g/mol. The molecule has 0 atom stereocenters. The second-order valence-corrected chi connectivity index (χ2v) is 5.13. The Kier molecular flexibility index (Phi) is 4.03. The average Bonchev–Trinajstić information content (AvgIpc) is 2.35. The van der Waals surface area contributed by atoms with Crippen molar-refractivity contribution in [1.29, 1.82) is 0 Å². The minimum absolute atomic E-state index is 0.111. The third-order valence-corrected chi connectivity index (χ3v) is 3.11. The van der Waals surface area contributed by atoms with Gasteiger partial charge in [0.2, 0.25) is 0 Å². The van der Waals surface area contributed by atoms with Gasteiger partial charge < -0.3 is 5.32 Å². The zero-order chi connectivity index (χ0) is 14.7. The molecule has 0 saturated heterocycles. The fraction of sp³-hybridized carbons (Fsp3) is 0.250. The number of nitro groups is 1. The highest BCUT2D eigenvalue weighted by Gasteiger charge is 2.12. The molecule has 0 heterocycles. The molecule has 0 saturated carbocycles. The average molecular weight is 270 g/mol. The number of aryl methyl sites for hydroxylation is 3. The molecule has 0 bridgehead atoms. The zero-order valence-electron chi connectivity index (χ0n) is 11.9. The highest BCUT2D eigenvalue weighted by molar-refractivity contribution is 5.62. The summed E-state index contributed by atoms with van der Waals surface area (Å²) in [6.45, 7) is 6.59. The Morgan fingerprint density at radius 2 is 1.65 bits per heavy atom. The molecule has 0 fully saturated rings. The summed E-state index contributed by atoms with van der Waals surface area (Å²) < 4.78 is 0. The van der Waals surface area contributed by atoms with Crippen molar-refractivity contribution < 1.29 is 4.92 Å². The molecule has 0 aliphatic rings. The summed E-state index contributed by atoms with van der Waals surface area (Å²) in [7, 11) is 0. The summed E-state index contributed by atoms with van der Waals surface area (Å²) >= 11 is 0. The van der Waals surface area contributed by atoms with Crippen molar-refractivity contribution in [3.63, 3.8) is 0 Å². The smallest absolute Gasteiger partial charge is 0.292 e. The molecule has 0 aromatic heterocycles. The van der Waals surface area contributed by atoms with Crippen LogP contribution in [0, 0.1) is 30.9 Å². The van der Waals surface area contributed by atoms with Crippen LogP contribution in [0.3, 0.4) is 0 Å². The highest BCUT2D eigenvalue weighted by atomic mass is 16.6. The summed E-state index contributed by atoms with van der Waals surface area (Å²) in [6, 6.07) is 11.4. The van der Waals surface area contributed by atoms with Crippen LogP contribution in [0.25, 0.3) is 0 Å². The molecule has 0 aliphatic heterocycles.